The number of halogens is 2. The summed E-state index contributed by atoms with van der Waals surface area (Å²) in [6.45, 7) is 3.80. The Morgan fingerprint density at radius 1 is 0.950 bits per heavy atom. The second kappa shape index (κ2) is 6.04. The van der Waals surface area contributed by atoms with Crippen LogP contribution in [0.1, 0.15) is 30.9 Å². The van der Waals surface area contributed by atoms with Crippen molar-refractivity contribution in [2.24, 2.45) is 0 Å². The largest absolute Gasteiger partial charge is 0.379 e. The summed E-state index contributed by atoms with van der Waals surface area (Å²) < 4.78 is 28.0. The smallest absolute Gasteiger partial charge is 0.290 e. The molecule has 0 spiro atoms. The van der Waals surface area contributed by atoms with E-state index in [9.17, 15) is 8.78 Å². The van der Waals surface area contributed by atoms with Crippen molar-refractivity contribution in [3.05, 3.63) is 65.7 Å². The maximum absolute atomic E-state index is 14.0. The van der Waals surface area contributed by atoms with Crippen LogP contribution in [0, 0.1) is 0 Å². The van der Waals surface area contributed by atoms with Gasteiger partial charge in [-0.1, -0.05) is 56.3 Å². The van der Waals surface area contributed by atoms with Crippen LogP contribution in [-0.2, 0) is 5.92 Å². The first-order valence-electron chi connectivity index (χ1n) is 6.76. The van der Waals surface area contributed by atoms with Crippen LogP contribution in [0.3, 0.4) is 0 Å². The Morgan fingerprint density at radius 3 is 2.10 bits per heavy atom. The standard InChI is InChI=1S/C17H19F2N/c1-13(2)14-8-10-16(11-9-14)20-12-17(18,19)15-6-4-3-5-7-15/h3-11,13,20H,12H2,1-2H3. The fourth-order valence-corrected chi connectivity index (χ4v) is 1.98. The van der Waals surface area contributed by atoms with Gasteiger partial charge in [0.1, 0.15) is 0 Å². The molecule has 0 aromatic heterocycles. The zero-order valence-electron chi connectivity index (χ0n) is 11.7. The molecule has 2 aromatic carbocycles. The molecule has 1 nitrogen and oxygen atoms in total. The number of rotatable bonds is 5. The van der Waals surface area contributed by atoms with Crippen molar-refractivity contribution < 1.29 is 8.78 Å². The van der Waals surface area contributed by atoms with Crippen LogP contribution < -0.4 is 5.32 Å². The summed E-state index contributed by atoms with van der Waals surface area (Å²) in [6, 6.07) is 15.5. The quantitative estimate of drug-likeness (QED) is 0.808. The molecule has 1 N–H and O–H groups in total. The maximum atomic E-state index is 14.0. The molecule has 0 aliphatic heterocycles. The molecule has 2 aromatic rings. The molecule has 0 saturated heterocycles. The second-order valence-electron chi connectivity index (χ2n) is 5.20. The molecule has 0 atom stereocenters. The van der Waals surface area contributed by atoms with Crippen molar-refractivity contribution in [2.45, 2.75) is 25.7 Å². The van der Waals surface area contributed by atoms with E-state index >= 15 is 0 Å². The zero-order valence-corrected chi connectivity index (χ0v) is 11.7. The molecule has 0 saturated carbocycles. The van der Waals surface area contributed by atoms with E-state index in [2.05, 4.69) is 19.2 Å². The number of benzene rings is 2. The van der Waals surface area contributed by atoms with Crippen LogP contribution in [0.15, 0.2) is 54.6 Å². The SMILES string of the molecule is CC(C)c1ccc(NCC(F)(F)c2ccccc2)cc1. The molecule has 2 rings (SSSR count). The van der Waals surface area contributed by atoms with Gasteiger partial charge in [0.2, 0.25) is 0 Å². The van der Waals surface area contributed by atoms with E-state index in [-0.39, 0.29) is 5.56 Å². The first-order chi connectivity index (χ1) is 9.49. The molecule has 0 heterocycles. The van der Waals surface area contributed by atoms with E-state index in [4.69, 9.17) is 0 Å². The Hall–Kier alpha value is -1.90. The van der Waals surface area contributed by atoms with Gasteiger partial charge in [0.05, 0.1) is 6.54 Å². The molecular formula is C17H19F2N. The highest BCUT2D eigenvalue weighted by Crippen LogP contribution is 2.28. The van der Waals surface area contributed by atoms with E-state index in [0.717, 1.165) is 0 Å². The van der Waals surface area contributed by atoms with Gasteiger partial charge in [0, 0.05) is 11.3 Å². The Labute approximate surface area is 118 Å². The molecule has 0 aliphatic rings. The van der Waals surface area contributed by atoms with E-state index < -0.39 is 12.5 Å². The Morgan fingerprint density at radius 2 is 1.55 bits per heavy atom. The third kappa shape index (κ3) is 3.56. The van der Waals surface area contributed by atoms with Crippen molar-refractivity contribution >= 4 is 5.69 Å². The van der Waals surface area contributed by atoms with Crippen LogP contribution in [-0.4, -0.2) is 6.54 Å². The fourth-order valence-electron chi connectivity index (χ4n) is 1.98. The highest BCUT2D eigenvalue weighted by atomic mass is 19.3. The van der Waals surface area contributed by atoms with Crippen molar-refractivity contribution in [2.75, 3.05) is 11.9 Å². The molecule has 0 aliphatic carbocycles. The van der Waals surface area contributed by atoms with Crippen molar-refractivity contribution in [3.63, 3.8) is 0 Å². The summed E-state index contributed by atoms with van der Waals surface area (Å²) in [5.41, 5.74) is 1.95. The number of anilines is 1. The van der Waals surface area contributed by atoms with Crippen molar-refractivity contribution in [1.82, 2.24) is 0 Å². The molecule has 0 amide bonds. The predicted octanol–water partition coefficient (Wildman–Crippen LogP) is 5.01. The van der Waals surface area contributed by atoms with Gasteiger partial charge in [0.15, 0.2) is 0 Å². The van der Waals surface area contributed by atoms with Gasteiger partial charge in [-0.05, 0) is 23.6 Å². The van der Waals surface area contributed by atoms with Gasteiger partial charge < -0.3 is 5.32 Å². The first-order valence-corrected chi connectivity index (χ1v) is 6.76. The molecular weight excluding hydrogens is 256 g/mol. The van der Waals surface area contributed by atoms with Gasteiger partial charge in [-0.15, -0.1) is 0 Å². The van der Waals surface area contributed by atoms with Crippen LogP contribution in [0.4, 0.5) is 14.5 Å². The molecule has 106 valence electrons. The van der Waals surface area contributed by atoms with Crippen LogP contribution in [0.25, 0.3) is 0 Å². The molecule has 0 bridgehead atoms. The predicted molar refractivity (Wildman–Crippen MR) is 79.4 cm³/mol. The minimum absolute atomic E-state index is 0.0336. The van der Waals surface area contributed by atoms with Gasteiger partial charge >= 0.3 is 0 Å². The van der Waals surface area contributed by atoms with Crippen LogP contribution >= 0.6 is 0 Å². The summed E-state index contributed by atoms with van der Waals surface area (Å²) in [5, 5.41) is 2.80. The van der Waals surface area contributed by atoms with Gasteiger partial charge in [-0.3, -0.25) is 0 Å². The average molecular weight is 275 g/mol. The molecule has 0 fully saturated rings. The molecule has 3 heteroatoms. The lowest BCUT2D eigenvalue weighted by atomic mass is 10.0. The molecule has 20 heavy (non-hydrogen) atoms. The van der Waals surface area contributed by atoms with Crippen LogP contribution in [0.5, 0.6) is 0 Å². The number of hydrogen-bond acceptors (Lipinski definition) is 1. The summed E-state index contributed by atoms with van der Waals surface area (Å²) in [5.74, 6) is -2.44. The van der Waals surface area contributed by atoms with Crippen molar-refractivity contribution in [1.29, 1.82) is 0 Å². The van der Waals surface area contributed by atoms with Gasteiger partial charge in [-0.2, -0.15) is 8.78 Å². The summed E-state index contributed by atoms with van der Waals surface area (Å²) in [7, 11) is 0. The Bertz CT molecular complexity index is 533. The number of hydrogen-bond donors (Lipinski definition) is 1. The van der Waals surface area contributed by atoms with Crippen molar-refractivity contribution in [3.8, 4) is 0 Å². The van der Waals surface area contributed by atoms with E-state index in [1.165, 1.54) is 17.7 Å². The fraction of sp³-hybridized carbons (Fsp3) is 0.294. The maximum Gasteiger partial charge on any atom is 0.290 e. The normalized spacial score (nSPS) is 11.7. The number of nitrogens with one attached hydrogen (secondary N) is 1. The highest BCUT2D eigenvalue weighted by Gasteiger charge is 2.30. The lowest BCUT2D eigenvalue weighted by molar-refractivity contribution is 0.0106. The topological polar surface area (TPSA) is 12.0 Å². The molecule has 0 unspecified atom stereocenters. The summed E-state index contributed by atoms with van der Waals surface area (Å²) in [4.78, 5) is 0. The minimum atomic E-state index is -2.88. The average Bonchev–Trinajstić information content (AvgIpc) is 2.46. The summed E-state index contributed by atoms with van der Waals surface area (Å²) >= 11 is 0. The lowest BCUT2D eigenvalue weighted by Crippen LogP contribution is -2.24. The zero-order chi connectivity index (χ0) is 14.6. The highest BCUT2D eigenvalue weighted by molar-refractivity contribution is 5.45. The molecule has 0 radical (unpaired) electrons. The van der Waals surface area contributed by atoms with E-state index in [1.54, 1.807) is 18.2 Å². The monoisotopic (exact) mass is 275 g/mol. The summed E-state index contributed by atoms with van der Waals surface area (Å²) in [6.07, 6.45) is 0. The minimum Gasteiger partial charge on any atom is -0.379 e. The van der Waals surface area contributed by atoms with E-state index in [1.807, 2.05) is 24.3 Å². The van der Waals surface area contributed by atoms with E-state index in [0.29, 0.717) is 11.6 Å². The lowest BCUT2D eigenvalue weighted by Gasteiger charge is -2.18. The van der Waals surface area contributed by atoms with Gasteiger partial charge in [-0.25, -0.2) is 0 Å². The number of alkyl halides is 2. The van der Waals surface area contributed by atoms with Crippen LogP contribution in [0.2, 0.25) is 0 Å². The Kier molecular flexibility index (Phi) is 4.38. The third-order valence-corrected chi connectivity index (χ3v) is 3.29. The Balaban J connectivity index is 2.01. The van der Waals surface area contributed by atoms with Gasteiger partial charge in [0.25, 0.3) is 5.92 Å². The third-order valence-electron chi connectivity index (χ3n) is 3.29. The first kappa shape index (κ1) is 14.5. The second-order valence-corrected chi connectivity index (χ2v) is 5.20.